The van der Waals surface area contributed by atoms with Gasteiger partial charge in [-0.25, -0.2) is 10.2 Å². The van der Waals surface area contributed by atoms with E-state index < -0.39 is 23.9 Å². The van der Waals surface area contributed by atoms with Crippen LogP contribution in [0.15, 0.2) is 48.5 Å². The molecular weight excluding hydrogens is 412 g/mol. The molecule has 2 aromatic carbocycles. The van der Waals surface area contributed by atoms with Crippen molar-refractivity contribution in [3.63, 3.8) is 0 Å². The molecule has 1 atom stereocenters. The molecule has 0 bridgehead atoms. The highest BCUT2D eigenvalue weighted by atomic mass is 35.5. The quantitative estimate of drug-likeness (QED) is 0.189. The highest BCUT2D eigenvalue weighted by molar-refractivity contribution is 6.30. The molecule has 11 heteroatoms. The summed E-state index contributed by atoms with van der Waals surface area (Å²) in [5.41, 5.74) is 11.9. The summed E-state index contributed by atoms with van der Waals surface area (Å²) in [5.74, 6) is -1.88. The van der Waals surface area contributed by atoms with E-state index >= 15 is 0 Å². The van der Waals surface area contributed by atoms with Crippen LogP contribution in [0.4, 0.5) is 10.5 Å². The smallest absolute Gasteiger partial charge is 0.335 e. The third-order valence-electron chi connectivity index (χ3n) is 3.83. The molecule has 0 saturated carbocycles. The Labute approximate surface area is 177 Å². The zero-order chi connectivity index (χ0) is 22.1. The average Bonchev–Trinajstić information content (AvgIpc) is 2.65. The number of hydrogen-bond acceptors (Lipinski definition) is 5. The molecule has 0 fully saturated rings. The summed E-state index contributed by atoms with van der Waals surface area (Å²) in [6.07, 6.45) is -0.387. The van der Waals surface area contributed by atoms with E-state index in [9.17, 15) is 14.4 Å². The largest absolute Gasteiger partial charge is 0.481 e. The molecule has 0 aromatic heterocycles. The maximum atomic E-state index is 12.1. The Morgan fingerprint density at radius 1 is 1.13 bits per heavy atom. The minimum absolute atomic E-state index is 0.0867. The fraction of sp³-hybridized carbons (Fsp3) is 0.158. The van der Waals surface area contributed by atoms with Gasteiger partial charge in [-0.05, 0) is 35.4 Å². The molecule has 1 unspecified atom stereocenters. The Morgan fingerprint density at radius 3 is 2.47 bits per heavy atom. The van der Waals surface area contributed by atoms with E-state index in [1.165, 1.54) is 0 Å². The minimum Gasteiger partial charge on any atom is -0.481 e. The van der Waals surface area contributed by atoms with E-state index in [4.69, 9.17) is 27.9 Å². The number of guanidine groups is 1. The molecule has 2 aromatic rings. The number of anilines is 1. The fourth-order valence-electron chi connectivity index (χ4n) is 2.58. The monoisotopic (exact) mass is 432 g/mol. The molecular formula is C19H21ClN6O4. The number of benzene rings is 2. The summed E-state index contributed by atoms with van der Waals surface area (Å²) >= 11 is 5.83. The topological polar surface area (TPSA) is 169 Å². The van der Waals surface area contributed by atoms with E-state index in [0.717, 1.165) is 0 Å². The van der Waals surface area contributed by atoms with Crippen molar-refractivity contribution in [3.05, 3.63) is 64.7 Å². The Hall–Kier alpha value is -3.63. The van der Waals surface area contributed by atoms with Gasteiger partial charge in [0.1, 0.15) is 0 Å². The van der Waals surface area contributed by atoms with Gasteiger partial charge >= 0.3 is 12.0 Å². The second kappa shape index (κ2) is 10.8. The third kappa shape index (κ3) is 7.78. The number of nitrogens with two attached hydrogens (primary N) is 1. The highest BCUT2D eigenvalue weighted by Crippen LogP contribution is 2.19. The number of imide groups is 1. The van der Waals surface area contributed by atoms with Crippen molar-refractivity contribution in [1.82, 2.24) is 16.2 Å². The number of carbonyl (C=O) groups excluding carboxylic acids is 2. The van der Waals surface area contributed by atoms with Crippen LogP contribution in [0.25, 0.3) is 0 Å². The van der Waals surface area contributed by atoms with Gasteiger partial charge in [0.05, 0.1) is 18.9 Å². The van der Waals surface area contributed by atoms with Crippen molar-refractivity contribution in [2.45, 2.75) is 18.9 Å². The van der Waals surface area contributed by atoms with Gasteiger partial charge in [-0.2, -0.15) is 0 Å². The van der Waals surface area contributed by atoms with Gasteiger partial charge in [-0.1, -0.05) is 35.9 Å². The lowest BCUT2D eigenvalue weighted by Gasteiger charge is -2.18. The number of amides is 3. The van der Waals surface area contributed by atoms with Crippen LogP contribution in [0, 0.1) is 5.41 Å². The standard InChI is InChI=1S/C19H21ClN6O4/c20-13-6-4-12(5-7-13)15(10-17(28)29)25-26-19(30)24-16(27)9-11-2-1-3-14(8-11)23-18(21)22/h1-8,15,25H,9-10H2,(H,28,29)(H4,21,22,23)(H2,24,26,27,30). The van der Waals surface area contributed by atoms with Gasteiger partial charge in [-0.3, -0.25) is 25.7 Å². The van der Waals surface area contributed by atoms with Crippen LogP contribution in [0.3, 0.4) is 0 Å². The van der Waals surface area contributed by atoms with Crippen LogP contribution in [-0.4, -0.2) is 29.0 Å². The van der Waals surface area contributed by atoms with Gasteiger partial charge in [0, 0.05) is 10.7 Å². The van der Waals surface area contributed by atoms with Crippen molar-refractivity contribution >= 4 is 41.2 Å². The predicted molar refractivity (Wildman–Crippen MR) is 112 cm³/mol. The first-order chi connectivity index (χ1) is 14.2. The first kappa shape index (κ1) is 22.7. The van der Waals surface area contributed by atoms with Crippen molar-refractivity contribution in [1.29, 1.82) is 5.41 Å². The van der Waals surface area contributed by atoms with Crippen LogP contribution in [0.2, 0.25) is 5.02 Å². The third-order valence-corrected chi connectivity index (χ3v) is 4.09. The highest BCUT2D eigenvalue weighted by Gasteiger charge is 2.17. The predicted octanol–water partition coefficient (Wildman–Crippen LogP) is 1.73. The van der Waals surface area contributed by atoms with E-state index in [0.29, 0.717) is 21.8 Å². The number of halogens is 1. The molecule has 158 valence electrons. The van der Waals surface area contributed by atoms with Gasteiger partial charge < -0.3 is 16.2 Å². The molecule has 30 heavy (non-hydrogen) atoms. The maximum Gasteiger partial charge on any atom is 0.335 e. The molecule has 0 saturated heterocycles. The Kier molecular flexibility index (Phi) is 8.15. The molecule has 0 spiro atoms. The minimum atomic E-state index is -1.07. The van der Waals surface area contributed by atoms with Crippen molar-refractivity contribution in [2.24, 2.45) is 5.73 Å². The summed E-state index contributed by atoms with van der Waals surface area (Å²) in [4.78, 5) is 35.2. The average molecular weight is 433 g/mol. The number of hydrazine groups is 1. The van der Waals surface area contributed by atoms with Crippen LogP contribution in [-0.2, 0) is 16.0 Å². The van der Waals surface area contributed by atoms with Gasteiger partial charge in [0.25, 0.3) is 0 Å². The van der Waals surface area contributed by atoms with Crippen LogP contribution >= 0.6 is 11.6 Å². The molecule has 8 N–H and O–H groups in total. The lowest BCUT2D eigenvalue weighted by atomic mass is 10.0. The van der Waals surface area contributed by atoms with E-state index in [2.05, 4.69) is 21.5 Å². The lowest BCUT2D eigenvalue weighted by Crippen LogP contribution is -2.48. The van der Waals surface area contributed by atoms with E-state index in [1.54, 1.807) is 48.5 Å². The number of carboxylic acids is 1. The van der Waals surface area contributed by atoms with Gasteiger partial charge in [0.2, 0.25) is 5.91 Å². The molecule has 0 aliphatic carbocycles. The number of carbonyl (C=O) groups is 3. The molecule has 2 rings (SSSR count). The number of nitrogens with one attached hydrogen (secondary N) is 5. The number of aliphatic carboxylic acids is 1. The maximum absolute atomic E-state index is 12.1. The second-order valence-electron chi connectivity index (χ2n) is 6.26. The number of rotatable bonds is 8. The summed E-state index contributed by atoms with van der Waals surface area (Å²) in [6, 6.07) is 11.6. The zero-order valence-corrected chi connectivity index (χ0v) is 16.5. The molecule has 0 radical (unpaired) electrons. The van der Waals surface area contributed by atoms with Crippen molar-refractivity contribution < 1.29 is 19.5 Å². The van der Waals surface area contributed by atoms with Crippen LogP contribution in [0.1, 0.15) is 23.6 Å². The molecule has 3 amide bonds. The Balaban J connectivity index is 1.90. The van der Waals surface area contributed by atoms with E-state index in [1.807, 2.05) is 0 Å². The Bertz CT molecular complexity index is 935. The lowest BCUT2D eigenvalue weighted by molar-refractivity contribution is -0.137. The summed E-state index contributed by atoms with van der Waals surface area (Å²) < 4.78 is 0. The van der Waals surface area contributed by atoms with Crippen LogP contribution < -0.4 is 27.2 Å². The summed E-state index contributed by atoms with van der Waals surface area (Å²) in [5, 5.41) is 21.5. The van der Waals surface area contributed by atoms with E-state index in [-0.39, 0.29) is 18.8 Å². The summed E-state index contributed by atoms with van der Waals surface area (Å²) in [7, 11) is 0. The molecule has 0 aliphatic heterocycles. The summed E-state index contributed by atoms with van der Waals surface area (Å²) in [6.45, 7) is 0. The Morgan fingerprint density at radius 2 is 1.83 bits per heavy atom. The molecule has 10 nitrogen and oxygen atoms in total. The number of carboxylic acid groups (broad SMARTS) is 1. The van der Waals surface area contributed by atoms with Gasteiger partial charge in [0.15, 0.2) is 5.96 Å². The molecule has 0 heterocycles. The number of hydrogen-bond donors (Lipinski definition) is 7. The first-order valence-corrected chi connectivity index (χ1v) is 9.13. The van der Waals surface area contributed by atoms with Crippen molar-refractivity contribution in [3.8, 4) is 0 Å². The number of urea groups is 1. The zero-order valence-electron chi connectivity index (χ0n) is 15.7. The fourth-order valence-corrected chi connectivity index (χ4v) is 2.70. The first-order valence-electron chi connectivity index (χ1n) is 8.75. The van der Waals surface area contributed by atoms with Crippen molar-refractivity contribution in [2.75, 3.05) is 5.32 Å². The van der Waals surface area contributed by atoms with Crippen LogP contribution in [0.5, 0.6) is 0 Å². The second-order valence-corrected chi connectivity index (χ2v) is 6.70. The molecule has 0 aliphatic rings. The SMILES string of the molecule is N=C(N)Nc1cccc(CC(=O)NC(=O)NNC(CC(=O)O)c2ccc(Cl)cc2)c1. The van der Waals surface area contributed by atoms with Gasteiger partial charge in [-0.15, -0.1) is 0 Å². The normalized spacial score (nSPS) is 11.2.